The number of unbranched alkanes of at least 4 members (excludes halogenated alkanes) is 18. The maximum absolute atomic E-state index is 12.8. The molecule has 0 saturated heterocycles. The van der Waals surface area contributed by atoms with Crippen molar-refractivity contribution in [2.24, 2.45) is 0 Å². The summed E-state index contributed by atoms with van der Waals surface area (Å²) in [4.78, 5) is 38.0. The van der Waals surface area contributed by atoms with Crippen molar-refractivity contribution in [3.63, 3.8) is 0 Å². The summed E-state index contributed by atoms with van der Waals surface area (Å²) in [6.45, 7) is 6.35. The summed E-state index contributed by atoms with van der Waals surface area (Å²) in [5.74, 6) is -0.948. The lowest BCUT2D eigenvalue weighted by Crippen LogP contribution is -2.30. The second kappa shape index (κ2) is 59.1. The summed E-state index contributed by atoms with van der Waals surface area (Å²) in [5.41, 5.74) is 0. The molecule has 0 radical (unpaired) electrons. The van der Waals surface area contributed by atoms with Crippen LogP contribution in [0.5, 0.6) is 0 Å². The van der Waals surface area contributed by atoms with Crippen LogP contribution in [-0.4, -0.2) is 37.2 Å². The number of rotatable bonds is 51. The number of hydrogen-bond acceptors (Lipinski definition) is 6. The third-order valence-electron chi connectivity index (χ3n) is 11.9. The van der Waals surface area contributed by atoms with E-state index in [-0.39, 0.29) is 37.5 Å². The normalized spacial score (nSPS) is 13.1. The van der Waals surface area contributed by atoms with Crippen molar-refractivity contribution in [3.8, 4) is 0 Å². The highest BCUT2D eigenvalue weighted by atomic mass is 16.6. The molecule has 0 aromatic rings. The predicted molar refractivity (Wildman–Crippen MR) is 311 cm³/mol. The van der Waals surface area contributed by atoms with Crippen LogP contribution in [0.4, 0.5) is 0 Å². The van der Waals surface area contributed by atoms with Crippen molar-refractivity contribution in [1.29, 1.82) is 0 Å². The zero-order chi connectivity index (χ0) is 52.2. The fraction of sp³-hybridized carbons (Fsp3) is 0.621. The average Bonchev–Trinajstić information content (AvgIpc) is 3.38. The standard InChI is InChI=1S/C66H106O6/c1-4-7-10-13-16-19-22-24-25-26-27-28-29-30-31-32-33-34-35-36-37-38-39-40-41-43-44-47-50-53-56-59-65(68)71-62-63(61-70-64(67)58-55-52-49-46-21-18-15-12-9-6-3)72-66(69)60-57-54-51-48-45-42-23-20-17-14-11-8-5-2/h7-8,10-11,16-17,19-20,24-25,27-28,30-31,33-34,36-37,39-40,42,45,63H,4-6,9,12-15,18,21-23,26,29,32,35,38,41,43-44,46-62H2,1-3H3/b10-7-,11-8-,19-16-,20-17-,25-24-,28-27-,31-30-,34-33-,37-36-,40-39-,45-42-. The topological polar surface area (TPSA) is 78.9 Å². The zero-order valence-electron chi connectivity index (χ0n) is 46.4. The number of hydrogen-bond donors (Lipinski definition) is 0. The van der Waals surface area contributed by atoms with Gasteiger partial charge in [-0.05, 0) is 116 Å². The van der Waals surface area contributed by atoms with Crippen LogP contribution < -0.4 is 0 Å². The van der Waals surface area contributed by atoms with Gasteiger partial charge < -0.3 is 14.2 Å². The number of carbonyl (C=O) groups excluding carboxylic acids is 3. The number of ether oxygens (including phenoxy) is 3. The van der Waals surface area contributed by atoms with E-state index in [0.717, 1.165) is 148 Å². The van der Waals surface area contributed by atoms with Crippen molar-refractivity contribution in [2.75, 3.05) is 13.2 Å². The smallest absolute Gasteiger partial charge is 0.306 e. The molecule has 1 unspecified atom stereocenters. The molecule has 0 saturated carbocycles. The first kappa shape index (κ1) is 67.5. The van der Waals surface area contributed by atoms with E-state index < -0.39 is 6.10 Å². The molecule has 6 nitrogen and oxygen atoms in total. The molecule has 0 aliphatic heterocycles. The van der Waals surface area contributed by atoms with E-state index in [2.05, 4.69) is 154 Å². The van der Waals surface area contributed by atoms with Crippen molar-refractivity contribution >= 4 is 17.9 Å². The van der Waals surface area contributed by atoms with Crippen molar-refractivity contribution in [1.82, 2.24) is 0 Å². The molecule has 0 heterocycles. The van der Waals surface area contributed by atoms with Crippen molar-refractivity contribution in [2.45, 2.75) is 252 Å². The molecule has 0 rings (SSSR count). The van der Waals surface area contributed by atoms with Gasteiger partial charge in [0.1, 0.15) is 13.2 Å². The Bertz CT molecular complexity index is 1560. The van der Waals surface area contributed by atoms with E-state index in [4.69, 9.17) is 14.2 Å². The van der Waals surface area contributed by atoms with Gasteiger partial charge in [-0.3, -0.25) is 14.4 Å². The number of esters is 3. The minimum absolute atomic E-state index is 0.0965. The maximum Gasteiger partial charge on any atom is 0.306 e. The van der Waals surface area contributed by atoms with E-state index in [1.54, 1.807) is 0 Å². The molecular formula is C66H106O6. The molecule has 0 fully saturated rings. The Morgan fingerprint density at radius 2 is 0.542 bits per heavy atom. The lowest BCUT2D eigenvalue weighted by molar-refractivity contribution is -0.167. The van der Waals surface area contributed by atoms with E-state index in [1.165, 1.54) is 57.8 Å². The second-order valence-corrected chi connectivity index (χ2v) is 18.8. The van der Waals surface area contributed by atoms with Gasteiger partial charge in [0.05, 0.1) is 0 Å². The molecule has 0 aromatic carbocycles. The first-order valence-electron chi connectivity index (χ1n) is 29.2. The van der Waals surface area contributed by atoms with Crippen LogP contribution in [0, 0.1) is 0 Å². The average molecular weight is 996 g/mol. The van der Waals surface area contributed by atoms with Gasteiger partial charge in [0.2, 0.25) is 0 Å². The van der Waals surface area contributed by atoms with Crippen LogP contribution in [0.15, 0.2) is 134 Å². The van der Waals surface area contributed by atoms with Crippen molar-refractivity contribution < 1.29 is 28.6 Å². The van der Waals surface area contributed by atoms with Crippen LogP contribution in [0.2, 0.25) is 0 Å². The summed E-state index contributed by atoms with van der Waals surface area (Å²) in [6.07, 6.45) is 83.1. The molecule has 406 valence electrons. The molecule has 0 spiro atoms. The van der Waals surface area contributed by atoms with Crippen LogP contribution in [0.3, 0.4) is 0 Å². The first-order valence-corrected chi connectivity index (χ1v) is 29.2. The highest BCUT2D eigenvalue weighted by molar-refractivity contribution is 5.71. The third-order valence-corrected chi connectivity index (χ3v) is 11.9. The van der Waals surface area contributed by atoms with Gasteiger partial charge in [0.25, 0.3) is 0 Å². The minimum Gasteiger partial charge on any atom is -0.462 e. The Kier molecular flexibility index (Phi) is 55.5. The van der Waals surface area contributed by atoms with Crippen LogP contribution in [0.25, 0.3) is 0 Å². The monoisotopic (exact) mass is 995 g/mol. The third kappa shape index (κ3) is 56.5. The molecule has 0 N–H and O–H groups in total. The molecule has 72 heavy (non-hydrogen) atoms. The van der Waals surface area contributed by atoms with E-state index in [1.807, 2.05) is 0 Å². The minimum atomic E-state index is -0.801. The Morgan fingerprint density at radius 1 is 0.292 bits per heavy atom. The number of allylic oxidation sites excluding steroid dienone is 22. The summed E-state index contributed by atoms with van der Waals surface area (Å²) in [7, 11) is 0. The largest absolute Gasteiger partial charge is 0.462 e. The van der Waals surface area contributed by atoms with Gasteiger partial charge in [-0.25, -0.2) is 0 Å². The Labute approximate surface area is 443 Å². The Morgan fingerprint density at radius 3 is 0.861 bits per heavy atom. The fourth-order valence-corrected chi connectivity index (χ4v) is 7.59. The fourth-order valence-electron chi connectivity index (χ4n) is 7.59. The van der Waals surface area contributed by atoms with Gasteiger partial charge in [-0.1, -0.05) is 244 Å². The molecule has 0 aromatic heterocycles. The van der Waals surface area contributed by atoms with E-state index >= 15 is 0 Å². The highest BCUT2D eigenvalue weighted by Crippen LogP contribution is 2.14. The Hall–Kier alpha value is -4.45. The van der Waals surface area contributed by atoms with Gasteiger partial charge in [-0.15, -0.1) is 0 Å². The first-order chi connectivity index (χ1) is 35.5. The van der Waals surface area contributed by atoms with E-state index in [9.17, 15) is 14.4 Å². The molecule has 1 atom stereocenters. The van der Waals surface area contributed by atoms with Crippen molar-refractivity contribution in [3.05, 3.63) is 134 Å². The summed E-state index contributed by atoms with van der Waals surface area (Å²) in [5, 5.41) is 0. The van der Waals surface area contributed by atoms with Gasteiger partial charge in [0.15, 0.2) is 6.10 Å². The highest BCUT2D eigenvalue weighted by Gasteiger charge is 2.19. The van der Waals surface area contributed by atoms with Gasteiger partial charge in [0, 0.05) is 19.3 Å². The summed E-state index contributed by atoms with van der Waals surface area (Å²) in [6, 6.07) is 0. The predicted octanol–water partition coefficient (Wildman–Crippen LogP) is 19.8. The lowest BCUT2D eigenvalue weighted by Gasteiger charge is -2.18. The molecule has 0 amide bonds. The second-order valence-electron chi connectivity index (χ2n) is 18.8. The number of carbonyl (C=O) groups is 3. The molecule has 0 aliphatic carbocycles. The summed E-state index contributed by atoms with van der Waals surface area (Å²) >= 11 is 0. The molecule has 0 aliphatic rings. The van der Waals surface area contributed by atoms with Gasteiger partial charge in [-0.2, -0.15) is 0 Å². The quantitative estimate of drug-likeness (QED) is 0.0261. The van der Waals surface area contributed by atoms with E-state index in [0.29, 0.717) is 12.8 Å². The van der Waals surface area contributed by atoms with Crippen LogP contribution in [-0.2, 0) is 28.6 Å². The SMILES string of the molecule is CC/C=C\C/C=C\C/C=C\C/C=C\C/C=C\C/C=C\C/C=C\C/C=C\CCCCCCCCC(=O)OCC(COC(=O)CCCCCCCCCCCC)OC(=O)CCCCC/C=C\C/C=C\C/C=C\CC. The van der Waals surface area contributed by atoms with Gasteiger partial charge >= 0.3 is 17.9 Å². The zero-order valence-corrected chi connectivity index (χ0v) is 46.4. The van der Waals surface area contributed by atoms with Crippen LogP contribution >= 0.6 is 0 Å². The Balaban J connectivity index is 4.28. The summed E-state index contributed by atoms with van der Waals surface area (Å²) < 4.78 is 16.8. The lowest BCUT2D eigenvalue weighted by atomic mass is 10.1. The van der Waals surface area contributed by atoms with Crippen LogP contribution in [0.1, 0.15) is 245 Å². The molecule has 0 bridgehead atoms. The maximum atomic E-state index is 12.8. The molecule has 6 heteroatoms. The molecular weight excluding hydrogens is 889 g/mol.